The zero-order valence-corrected chi connectivity index (χ0v) is 7.40. The van der Waals surface area contributed by atoms with Gasteiger partial charge in [0.1, 0.15) is 0 Å². The molecule has 0 saturated carbocycles. The van der Waals surface area contributed by atoms with E-state index in [-0.39, 0.29) is 0 Å². The van der Waals surface area contributed by atoms with E-state index in [1.165, 1.54) is 5.56 Å². The van der Waals surface area contributed by atoms with Crippen LogP contribution in [0.5, 0.6) is 0 Å². The fourth-order valence-corrected chi connectivity index (χ4v) is 1.52. The second-order valence-corrected chi connectivity index (χ2v) is 3.11. The molecule has 0 saturated heterocycles. The van der Waals surface area contributed by atoms with Gasteiger partial charge in [0.2, 0.25) is 0 Å². The maximum atomic E-state index is 5.51. The maximum Gasteiger partial charge on any atom is 0.0579 e. The van der Waals surface area contributed by atoms with Crippen molar-refractivity contribution in [2.75, 3.05) is 6.26 Å². The summed E-state index contributed by atoms with van der Waals surface area (Å²) in [4.78, 5) is 4.18. The summed E-state index contributed by atoms with van der Waals surface area (Å²) >= 11 is 1.79. The lowest BCUT2D eigenvalue weighted by Gasteiger charge is -2.02. The van der Waals surface area contributed by atoms with E-state index in [1.54, 1.807) is 18.0 Å². The van der Waals surface area contributed by atoms with Crippen molar-refractivity contribution >= 4 is 11.8 Å². The molecule has 1 rings (SSSR count). The fourth-order valence-electron chi connectivity index (χ4n) is 0.942. The molecule has 1 aromatic rings. The number of hydrogen-bond donors (Lipinski definition) is 1. The molecular weight excluding hydrogens is 156 g/mol. The molecule has 0 fully saturated rings. The molecule has 2 nitrogen and oxygen atoms in total. The molecule has 0 aliphatic heterocycles. The van der Waals surface area contributed by atoms with Gasteiger partial charge in [0.15, 0.2) is 0 Å². The Bertz CT molecular complexity index is 225. The molecular formula is C8H12N2S. The Balaban J connectivity index is 2.83. The summed E-state index contributed by atoms with van der Waals surface area (Å²) in [5.74, 6) is 1.00. The van der Waals surface area contributed by atoms with Gasteiger partial charge in [0.25, 0.3) is 0 Å². The highest BCUT2D eigenvalue weighted by atomic mass is 32.2. The molecule has 2 N–H and O–H groups in total. The quantitative estimate of drug-likeness (QED) is 0.741. The Kier molecular flexibility index (Phi) is 3.39. The molecule has 0 bridgehead atoms. The van der Waals surface area contributed by atoms with Gasteiger partial charge in [-0.25, -0.2) is 0 Å². The molecule has 0 amide bonds. The van der Waals surface area contributed by atoms with Crippen LogP contribution >= 0.6 is 11.8 Å². The SMILES string of the molecule is CSCc1cccnc1CN. The van der Waals surface area contributed by atoms with Gasteiger partial charge >= 0.3 is 0 Å². The Morgan fingerprint density at radius 2 is 2.45 bits per heavy atom. The standard InChI is InChI=1S/C8H12N2S/c1-11-6-7-3-2-4-10-8(7)5-9/h2-4H,5-6,9H2,1H3. The zero-order chi connectivity index (χ0) is 8.10. The Labute approximate surface area is 71.2 Å². The number of nitrogens with zero attached hydrogens (tertiary/aromatic N) is 1. The molecule has 11 heavy (non-hydrogen) atoms. The molecule has 0 aliphatic carbocycles. The lowest BCUT2D eigenvalue weighted by Crippen LogP contribution is -2.02. The maximum absolute atomic E-state index is 5.51. The minimum Gasteiger partial charge on any atom is -0.325 e. The number of hydrogen-bond acceptors (Lipinski definition) is 3. The monoisotopic (exact) mass is 168 g/mol. The predicted molar refractivity (Wildman–Crippen MR) is 49.3 cm³/mol. The van der Waals surface area contributed by atoms with Gasteiger partial charge in [-0.15, -0.1) is 0 Å². The molecule has 3 heteroatoms. The van der Waals surface area contributed by atoms with Gasteiger partial charge in [-0.2, -0.15) is 11.8 Å². The first-order valence-electron chi connectivity index (χ1n) is 3.50. The van der Waals surface area contributed by atoms with E-state index in [4.69, 9.17) is 5.73 Å². The number of thioether (sulfide) groups is 1. The van der Waals surface area contributed by atoms with E-state index in [0.29, 0.717) is 6.54 Å². The van der Waals surface area contributed by atoms with Crippen LogP contribution in [-0.4, -0.2) is 11.2 Å². The van der Waals surface area contributed by atoms with Crippen LogP contribution in [0.1, 0.15) is 11.3 Å². The minimum absolute atomic E-state index is 0.538. The van der Waals surface area contributed by atoms with Crippen LogP contribution in [0.4, 0.5) is 0 Å². The van der Waals surface area contributed by atoms with Crippen molar-refractivity contribution in [3.05, 3.63) is 29.6 Å². The second kappa shape index (κ2) is 4.36. The van der Waals surface area contributed by atoms with E-state index in [2.05, 4.69) is 17.3 Å². The smallest absolute Gasteiger partial charge is 0.0579 e. The zero-order valence-electron chi connectivity index (χ0n) is 6.58. The minimum atomic E-state index is 0.538. The van der Waals surface area contributed by atoms with Crippen molar-refractivity contribution in [3.8, 4) is 0 Å². The van der Waals surface area contributed by atoms with Crippen molar-refractivity contribution in [3.63, 3.8) is 0 Å². The highest BCUT2D eigenvalue weighted by Crippen LogP contribution is 2.11. The molecule has 1 aromatic heterocycles. The molecule has 1 heterocycles. The van der Waals surface area contributed by atoms with Gasteiger partial charge < -0.3 is 5.73 Å². The van der Waals surface area contributed by atoms with E-state index in [0.717, 1.165) is 11.4 Å². The number of nitrogens with two attached hydrogens (primary N) is 1. The van der Waals surface area contributed by atoms with Gasteiger partial charge in [0, 0.05) is 18.5 Å². The van der Waals surface area contributed by atoms with Crippen LogP contribution in [0.15, 0.2) is 18.3 Å². The highest BCUT2D eigenvalue weighted by Gasteiger charge is 1.98. The van der Waals surface area contributed by atoms with E-state index in [1.807, 2.05) is 6.07 Å². The summed E-state index contributed by atoms with van der Waals surface area (Å²) in [7, 11) is 0. The summed E-state index contributed by atoms with van der Waals surface area (Å²) in [5.41, 5.74) is 7.78. The molecule has 0 aromatic carbocycles. The summed E-state index contributed by atoms with van der Waals surface area (Å²) in [6.07, 6.45) is 3.86. The molecule has 0 radical (unpaired) electrons. The fraction of sp³-hybridized carbons (Fsp3) is 0.375. The Hall–Kier alpha value is -0.540. The van der Waals surface area contributed by atoms with E-state index < -0.39 is 0 Å². The third kappa shape index (κ3) is 2.20. The number of aromatic nitrogens is 1. The third-order valence-electron chi connectivity index (χ3n) is 1.48. The average Bonchev–Trinajstić information content (AvgIpc) is 2.06. The van der Waals surface area contributed by atoms with Crippen molar-refractivity contribution < 1.29 is 0 Å². The van der Waals surface area contributed by atoms with Crippen LogP contribution in [0.3, 0.4) is 0 Å². The normalized spacial score (nSPS) is 10.0. The first kappa shape index (κ1) is 8.56. The second-order valence-electron chi connectivity index (χ2n) is 2.25. The van der Waals surface area contributed by atoms with Crippen molar-refractivity contribution in [2.45, 2.75) is 12.3 Å². The van der Waals surface area contributed by atoms with Gasteiger partial charge in [-0.1, -0.05) is 6.07 Å². The van der Waals surface area contributed by atoms with Crippen LogP contribution in [-0.2, 0) is 12.3 Å². The van der Waals surface area contributed by atoms with Gasteiger partial charge in [-0.05, 0) is 17.9 Å². The molecule has 60 valence electrons. The first-order valence-corrected chi connectivity index (χ1v) is 4.89. The van der Waals surface area contributed by atoms with Crippen LogP contribution < -0.4 is 5.73 Å². The average molecular weight is 168 g/mol. The number of rotatable bonds is 3. The van der Waals surface area contributed by atoms with Crippen LogP contribution in [0, 0.1) is 0 Å². The molecule has 0 aliphatic rings. The van der Waals surface area contributed by atoms with Crippen molar-refractivity contribution in [2.24, 2.45) is 5.73 Å². The lowest BCUT2D eigenvalue weighted by atomic mass is 10.2. The molecule has 0 unspecified atom stereocenters. The van der Waals surface area contributed by atoms with Crippen molar-refractivity contribution in [1.82, 2.24) is 4.98 Å². The summed E-state index contributed by atoms with van der Waals surface area (Å²) in [5, 5.41) is 0. The first-order chi connectivity index (χ1) is 5.38. The number of pyridine rings is 1. The highest BCUT2D eigenvalue weighted by molar-refractivity contribution is 7.97. The van der Waals surface area contributed by atoms with Crippen LogP contribution in [0.25, 0.3) is 0 Å². The Morgan fingerprint density at radius 1 is 1.64 bits per heavy atom. The van der Waals surface area contributed by atoms with E-state index in [9.17, 15) is 0 Å². The topological polar surface area (TPSA) is 38.9 Å². The van der Waals surface area contributed by atoms with E-state index >= 15 is 0 Å². The summed E-state index contributed by atoms with van der Waals surface area (Å²) in [6, 6.07) is 4.02. The predicted octanol–water partition coefficient (Wildman–Crippen LogP) is 1.40. The summed E-state index contributed by atoms with van der Waals surface area (Å²) < 4.78 is 0. The lowest BCUT2D eigenvalue weighted by molar-refractivity contribution is 0.965. The Morgan fingerprint density at radius 3 is 3.09 bits per heavy atom. The van der Waals surface area contributed by atoms with Gasteiger partial charge in [0.05, 0.1) is 5.69 Å². The third-order valence-corrected chi connectivity index (χ3v) is 2.08. The summed E-state index contributed by atoms with van der Waals surface area (Å²) in [6.45, 7) is 0.538. The largest absolute Gasteiger partial charge is 0.325 e. The van der Waals surface area contributed by atoms with Gasteiger partial charge in [-0.3, -0.25) is 4.98 Å². The molecule has 0 atom stereocenters. The molecule has 0 spiro atoms. The van der Waals surface area contributed by atoms with Crippen LogP contribution in [0.2, 0.25) is 0 Å². The van der Waals surface area contributed by atoms with Crippen molar-refractivity contribution in [1.29, 1.82) is 0 Å².